The smallest absolute Gasteiger partial charge is 0.254 e. The summed E-state index contributed by atoms with van der Waals surface area (Å²) in [4.78, 5) is 20.6. The van der Waals surface area contributed by atoms with Crippen LogP contribution in [0.5, 0.6) is 0 Å². The first-order valence-corrected chi connectivity index (χ1v) is 9.21. The number of carbonyl (C=O) groups is 1. The van der Waals surface area contributed by atoms with Crippen LogP contribution in [0.25, 0.3) is 0 Å². The Bertz CT molecular complexity index is 852. The molecule has 3 rings (SSSR count). The zero-order chi connectivity index (χ0) is 18.9. The highest BCUT2D eigenvalue weighted by molar-refractivity contribution is 6.30. The number of hydrogen-bond donors (Lipinski definition) is 2. The van der Waals surface area contributed by atoms with Crippen molar-refractivity contribution in [2.45, 2.75) is 19.4 Å². The van der Waals surface area contributed by atoms with Gasteiger partial charge >= 0.3 is 0 Å². The van der Waals surface area contributed by atoms with Gasteiger partial charge in [-0.25, -0.2) is 9.97 Å². The Morgan fingerprint density at radius 2 is 1.63 bits per heavy atom. The molecule has 0 fully saturated rings. The van der Waals surface area contributed by atoms with E-state index in [-0.39, 0.29) is 5.91 Å². The second kappa shape index (κ2) is 9.69. The summed E-state index contributed by atoms with van der Waals surface area (Å²) in [6.45, 7) is 1.20. The monoisotopic (exact) mass is 380 g/mol. The first-order valence-electron chi connectivity index (χ1n) is 8.83. The van der Waals surface area contributed by atoms with Crippen LogP contribution in [0.4, 0.5) is 5.95 Å². The molecule has 2 aromatic carbocycles. The number of aryl methyl sites for hydroxylation is 1. The highest BCUT2D eigenvalue weighted by Gasteiger charge is 2.06. The maximum Gasteiger partial charge on any atom is 0.254 e. The van der Waals surface area contributed by atoms with E-state index in [1.54, 1.807) is 0 Å². The maximum absolute atomic E-state index is 12.2. The van der Waals surface area contributed by atoms with Gasteiger partial charge in [-0.3, -0.25) is 4.79 Å². The number of halogens is 1. The molecule has 138 valence electrons. The van der Waals surface area contributed by atoms with E-state index >= 15 is 0 Å². The summed E-state index contributed by atoms with van der Waals surface area (Å²) < 4.78 is 0. The van der Waals surface area contributed by atoms with Crippen molar-refractivity contribution in [3.63, 3.8) is 0 Å². The van der Waals surface area contributed by atoms with Crippen molar-refractivity contribution < 1.29 is 4.79 Å². The van der Waals surface area contributed by atoms with Crippen molar-refractivity contribution >= 4 is 23.5 Å². The molecule has 3 aromatic rings. The van der Waals surface area contributed by atoms with Crippen molar-refractivity contribution in [1.29, 1.82) is 0 Å². The second-order valence-electron chi connectivity index (χ2n) is 6.12. The number of nitrogens with one attached hydrogen (secondary N) is 2. The van der Waals surface area contributed by atoms with E-state index in [1.165, 1.54) is 18.0 Å². The molecule has 0 aliphatic heterocycles. The average Bonchev–Trinajstić information content (AvgIpc) is 2.72. The van der Waals surface area contributed by atoms with Crippen LogP contribution in [-0.2, 0) is 13.0 Å². The van der Waals surface area contributed by atoms with Crippen molar-refractivity contribution in [2.24, 2.45) is 0 Å². The van der Waals surface area contributed by atoms with Crippen LogP contribution < -0.4 is 10.6 Å². The van der Waals surface area contributed by atoms with E-state index in [0.29, 0.717) is 29.6 Å². The maximum atomic E-state index is 12.2. The number of hydrogen-bond acceptors (Lipinski definition) is 4. The van der Waals surface area contributed by atoms with Gasteiger partial charge in [0.1, 0.15) is 0 Å². The molecule has 2 N–H and O–H groups in total. The molecule has 5 nitrogen and oxygen atoms in total. The molecule has 0 atom stereocenters. The second-order valence-corrected chi connectivity index (χ2v) is 6.56. The zero-order valence-electron chi connectivity index (χ0n) is 14.9. The molecule has 0 aliphatic rings. The molecule has 0 spiro atoms. The van der Waals surface area contributed by atoms with Gasteiger partial charge in [-0.2, -0.15) is 0 Å². The van der Waals surface area contributed by atoms with E-state index in [4.69, 9.17) is 11.6 Å². The molecule has 1 aromatic heterocycles. The number of nitrogens with zero attached hydrogens (tertiary/aromatic N) is 2. The molecule has 0 aliphatic carbocycles. The van der Waals surface area contributed by atoms with Gasteiger partial charge in [0, 0.05) is 30.5 Å². The molecular weight excluding hydrogens is 360 g/mol. The lowest BCUT2D eigenvalue weighted by Crippen LogP contribution is -2.25. The molecular formula is C21H21ClN4O. The Labute approximate surface area is 163 Å². The van der Waals surface area contributed by atoms with Gasteiger partial charge in [0.15, 0.2) is 0 Å². The Balaban J connectivity index is 1.42. The number of anilines is 1. The third-order valence-corrected chi connectivity index (χ3v) is 4.30. The first kappa shape index (κ1) is 18.9. The summed E-state index contributed by atoms with van der Waals surface area (Å²) in [5.74, 6) is 0.317. The highest BCUT2D eigenvalue weighted by Crippen LogP contribution is 2.10. The molecule has 1 amide bonds. The number of amides is 1. The zero-order valence-corrected chi connectivity index (χ0v) is 15.6. The SMILES string of the molecule is O=C(NCCCc1ccccc1)c1cnc(NCc2ccc(Cl)cc2)nc1. The van der Waals surface area contributed by atoms with Crippen LogP contribution in [0, 0.1) is 0 Å². The van der Waals surface area contributed by atoms with E-state index < -0.39 is 0 Å². The van der Waals surface area contributed by atoms with Gasteiger partial charge in [-0.05, 0) is 36.1 Å². The van der Waals surface area contributed by atoms with Crippen molar-refractivity contribution in [3.05, 3.63) is 88.7 Å². The summed E-state index contributed by atoms with van der Waals surface area (Å²) in [5.41, 5.74) is 2.79. The van der Waals surface area contributed by atoms with Gasteiger partial charge < -0.3 is 10.6 Å². The third kappa shape index (κ3) is 6.08. The number of carbonyl (C=O) groups excluding carboxylic acids is 1. The highest BCUT2D eigenvalue weighted by atomic mass is 35.5. The van der Waals surface area contributed by atoms with Gasteiger partial charge in [-0.15, -0.1) is 0 Å². The number of rotatable bonds is 8. The minimum absolute atomic E-state index is 0.160. The number of benzene rings is 2. The van der Waals surface area contributed by atoms with E-state index in [1.807, 2.05) is 42.5 Å². The van der Waals surface area contributed by atoms with Crippen LogP contribution in [0.2, 0.25) is 5.02 Å². The Hall–Kier alpha value is -2.92. The van der Waals surface area contributed by atoms with E-state index in [2.05, 4.69) is 32.7 Å². The average molecular weight is 381 g/mol. The lowest BCUT2D eigenvalue weighted by atomic mass is 10.1. The fraction of sp³-hybridized carbons (Fsp3) is 0.190. The minimum atomic E-state index is -0.160. The lowest BCUT2D eigenvalue weighted by molar-refractivity contribution is 0.0952. The molecule has 27 heavy (non-hydrogen) atoms. The van der Waals surface area contributed by atoms with Gasteiger partial charge in [0.05, 0.1) is 5.56 Å². The summed E-state index contributed by atoms with van der Waals surface area (Å²) in [6.07, 6.45) is 4.88. The summed E-state index contributed by atoms with van der Waals surface area (Å²) in [7, 11) is 0. The quantitative estimate of drug-likeness (QED) is 0.577. The fourth-order valence-corrected chi connectivity index (χ4v) is 2.69. The summed E-state index contributed by atoms with van der Waals surface area (Å²) in [5, 5.41) is 6.72. The molecule has 0 radical (unpaired) electrons. The van der Waals surface area contributed by atoms with Crippen molar-refractivity contribution in [1.82, 2.24) is 15.3 Å². The predicted octanol–water partition coefficient (Wildman–Crippen LogP) is 4.10. The lowest BCUT2D eigenvalue weighted by Gasteiger charge is -2.07. The van der Waals surface area contributed by atoms with Crippen LogP contribution in [0.15, 0.2) is 67.0 Å². The Morgan fingerprint density at radius 1 is 0.926 bits per heavy atom. The molecule has 0 bridgehead atoms. The number of aromatic nitrogens is 2. The van der Waals surface area contributed by atoms with E-state index in [9.17, 15) is 4.79 Å². The van der Waals surface area contributed by atoms with Crippen LogP contribution in [0.1, 0.15) is 27.9 Å². The predicted molar refractivity (Wildman–Crippen MR) is 108 cm³/mol. The van der Waals surface area contributed by atoms with Crippen LogP contribution in [0.3, 0.4) is 0 Å². The minimum Gasteiger partial charge on any atom is -0.352 e. The summed E-state index contributed by atoms with van der Waals surface area (Å²) >= 11 is 5.87. The van der Waals surface area contributed by atoms with Gasteiger partial charge in [-0.1, -0.05) is 54.1 Å². The van der Waals surface area contributed by atoms with Gasteiger partial charge in [0.25, 0.3) is 5.91 Å². The summed E-state index contributed by atoms with van der Waals surface area (Å²) in [6, 6.07) is 17.8. The molecule has 0 saturated heterocycles. The first-order chi connectivity index (χ1) is 13.2. The molecule has 0 saturated carbocycles. The molecule has 6 heteroatoms. The standard InChI is InChI=1S/C21H21ClN4O/c22-19-10-8-17(9-11-19)13-24-21-25-14-18(15-26-21)20(27)23-12-4-7-16-5-2-1-3-6-16/h1-3,5-6,8-11,14-15H,4,7,12-13H2,(H,23,27)(H,24,25,26). The topological polar surface area (TPSA) is 66.9 Å². The van der Waals surface area contributed by atoms with E-state index in [0.717, 1.165) is 18.4 Å². The Kier molecular flexibility index (Phi) is 6.77. The molecule has 0 unspecified atom stereocenters. The largest absolute Gasteiger partial charge is 0.352 e. The van der Waals surface area contributed by atoms with Crippen LogP contribution in [-0.4, -0.2) is 22.4 Å². The van der Waals surface area contributed by atoms with Gasteiger partial charge in [0.2, 0.25) is 5.95 Å². The van der Waals surface area contributed by atoms with Crippen molar-refractivity contribution in [3.8, 4) is 0 Å². The van der Waals surface area contributed by atoms with Crippen molar-refractivity contribution in [2.75, 3.05) is 11.9 Å². The fourth-order valence-electron chi connectivity index (χ4n) is 2.56. The molecule has 1 heterocycles. The third-order valence-electron chi connectivity index (χ3n) is 4.05. The van der Waals surface area contributed by atoms with Crippen LogP contribution >= 0.6 is 11.6 Å². The normalized spacial score (nSPS) is 10.4. The Morgan fingerprint density at radius 3 is 2.33 bits per heavy atom.